The van der Waals surface area contributed by atoms with Crippen molar-refractivity contribution in [3.63, 3.8) is 0 Å². The van der Waals surface area contributed by atoms with E-state index in [0.717, 1.165) is 12.0 Å². The summed E-state index contributed by atoms with van der Waals surface area (Å²) in [5.41, 5.74) is -1.22. The van der Waals surface area contributed by atoms with Gasteiger partial charge in [-0.15, -0.1) is 0 Å². The van der Waals surface area contributed by atoms with Gasteiger partial charge in [0.05, 0.1) is 18.9 Å². The third-order valence-corrected chi connectivity index (χ3v) is 9.71. The van der Waals surface area contributed by atoms with E-state index in [-0.39, 0.29) is 35.9 Å². The van der Waals surface area contributed by atoms with Crippen LogP contribution in [0.1, 0.15) is 66.4 Å². The van der Waals surface area contributed by atoms with Crippen LogP contribution in [0.2, 0.25) is 0 Å². The van der Waals surface area contributed by atoms with E-state index in [9.17, 15) is 19.2 Å². The van der Waals surface area contributed by atoms with Crippen molar-refractivity contribution >= 4 is 23.7 Å². The number of ether oxygens (including phenoxy) is 4. The normalized spacial score (nSPS) is 39.0. The number of epoxide rings is 1. The summed E-state index contributed by atoms with van der Waals surface area (Å²) in [6, 6.07) is 9.25. The second-order valence-corrected chi connectivity index (χ2v) is 12.9. The number of ketones is 1. The third-order valence-electron chi connectivity index (χ3n) is 9.71. The molecule has 5 rings (SSSR count). The maximum Gasteiger partial charge on any atom is 0.310 e. The molecule has 1 heterocycles. The van der Waals surface area contributed by atoms with Crippen molar-refractivity contribution in [1.29, 1.82) is 0 Å². The lowest BCUT2D eigenvalue weighted by Gasteiger charge is -2.41. The van der Waals surface area contributed by atoms with E-state index in [2.05, 4.69) is 13.8 Å². The van der Waals surface area contributed by atoms with E-state index in [1.807, 2.05) is 43.3 Å². The van der Waals surface area contributed by atoms with Crippen LogP contribution in [0.25, 0.3) is 0 Å². The highest BCUT2D eigenvalue weighted by Crippen LogP contribution is 2.64. The number of rotatable bonds is 5. The molecule has 1 aromatic rings. The number of hydrogen-bond donors (Lipinski definition) is 0. The van der Waals surface area contributed by atoms with Gasteiger partial charge in [0.15, 0.2) is 5.60 Å². The van der Waals surface area contributed by atoms with Crippen LogP contribution in [0.4, 0.5) is 0 Å². The van der Waals surface area contributed by atoms with Gasteiger partial charge in [0, 0.05) is 20.3 Å². The summed E-state index contributed by atoms with van der Waals surface area (Å²) < 4.78 is 24.2. The highest BCUT2D eigenvalue weighted by atomic mass is 16.6. The molecule has 1 spiro atoms. The average Bonchev–Trinajstić information content (AvgIpc) is 3.73. The molecule has 4 aliphatic rings. The van der Waals surface area contributed by atoms with E-state index in [4.69, 9.17) is 18.9 Å². The van der Waals surface area contributed by atoms with Gasteiger partial charge >= 0.3 is 17.9 Å². The summed E-state index contributed by atoms with van der Waals surface area (Å²) in [5, 5.41) is 0. The van der Waals surface area contributed by atoms with Gasteiger partial charge in [-0.25, -0.2) is 0 Å². The zero-order valence-corrected chi connectivity index (χ0v) is 24.2. The first kappa shape index (κ1) is 28.5. The standard InChI is InChI=1S/C32H40O8/c1-18-14-24-23(30(24,5)6)12-13-31(17-37-31)29(38-20(3)33)26-27(39-25(35)15-22-10-8-7-9-11-22)19(2)16-32(26,28(18)36)40-21(4)34/h7-11,14,19,23-24,26-27,29H,12-13,15-17H2,1-6H3/b18-14+/t19-,23-,24+,26+,27-,29?,31-,32+/m0/s1. The van der Waals surface area contributed by atoms with Crippen molar-refractivity contribution in [2.75, 3.05) is 6.61 Å². The number of carbonyl (C=O) groups excluding carboxylic acids is 4. The maximum absolute atomic E-state index is 14.5. The minimum atomic E-state index is -1.68. The van der Waals surface area contributed by atoms with Crippen molar-refractivity contribution < 1.29 is 38.1 Å². The topological polar surface area (TPSA) is 108 Å². The fraction of sp³-hybridized carbons (Fsp3) is 0.625. The summed E-state index contributed by atoms with van der Waals surface area (Å²) >= 11 is 0. The predicted molar refractivity (Wildman–Crippen MR) is 145 cm³/mol. The molecule has 3 fully saturated rings. The van der Waals surface area contributed by atoms with Gasteiger partial charge in [-0.1, -0.05) is 57.2 Å². The molecule has 8 nitrogen and oxygen atoms in total. The number of Topliss-reactive ketones (excluding diaryl/α,β-unsaturated/α-hetero) is 1. The van der Waals surface area contributed by atoms with Gasteiger partial charge in [-0.3, -0.25) is 19.2 Å². The molecule has 8 heteroatoms. The van der Waals surface area contributed by atoms with Crippen LogP contribution in [-0.4, -0.2) is 53.7 Å². The summed E-state index contributed by atoms with van der Waals surface area (Å²) in [5.74, 6) is -2.72. The molecule has 1 saturated heterocycles. The molecular formula is C32H40O8. The first-order valence-corrected chi connectivity index (χ1v) is 14.3. The Bertz CT molecular complexity index is 1230. The van der Waals surface area contributed by atoms with Crippen LogP contribution < -0.4 is 0 Å². The molecule has 216 valence electrons. The van der Waals surface area contributed by atoms with Crippen LogP contribution in [0, 0.1) is 29.1 Å². The number of benzene rings is 1. The Kier molecular flexibility index (Phi) is 7.22. The minimum Gasteiger partial charge on any atom is -0.461 e. The van der Waals surface area contributed by atoms with Crippen LogP contribution >= 0.6 is 0 Å². The molecule has 0 aromatic heterocycles. The van der Waals surface area contributed by atoms with Gasteiger partial charge in [0.1, 0.15) is 17.8 Å². The van der Waals surface area contributed by atoms with Gasteiger partial charge < -0.3 is 18.9 Å². The van der Waals surface area contributed by atoms with Crippen molar-refractivity contribution in [3.05, 3.63) is 47.5 Å². The molecule has 2 saturated carbocycles. The zero-order chi connectivity index (χ0) is 29.0. The fourth-order valence-corrected chi connectivity index (χ4v) is 7.55. The quantitative estimate of drug-likeness (QED) is 0.301. The van der Waals surface area contributed by atoms with E-state index >= 15 is 0 Å². The van der Waals surface area contributed by atoms with E-state index < -0.39 is 47.2 Å². The van der Waals surface area contributed by atoms with E-state index in [1.54, 1.807) is 6.92 Å². The summed E-state index contributed by atoms with van der Waals surface area (Å²) in [4.78, 5) is 52.9. The third kappa shape index (κ3) is 5.00. The Morgan fingerprint density at radius 3 is 2.33 bits per heavy atom. The van der Waals surface area contributed by atoms with E-state index in [0.29, 0.717) is 24.5 Å². The number of hydrogen-bond acceptors (Lipinski definition) is 8. The van der Waals surface area contributed by atoms with Crippen LogP contribution in [-0.2, 0) is 44.5 Å². The highest BCUT2D eigenvalue weighted by Gasteiger charge is 2.71. The Morgan fingerprint density at radius 1 is 1.05 bits per heavy atom. The zero-order valence-electron chi connectivity index (χ0n) is 24.2. The average molecular weight is 553 g/mol. The lowest BCUT2D eigenvalue weighted by molar-refractivity contribution is -0.190. The first-order valence-electron chi connectivity index (χ1n) is 14.3. The van der Waals surface area contributed by atoms with Crippen LogP contribution in [0.3, 0.4) is 0 Å². The number of fused-ring (bicyclic) bond motifs is 2. The Balaban J connectivity index is 1.61. The van der Waals surface area contributed by atoms with Crippen molar-refractivity contribution in [3.8, 4) is 0 Å². The molecule has 3 aliphatic carbocycles. The van der Waals surface area contributed by atoms with Gasteiger partial charge in [0.25, 0.3) is 0 Å². The minimum absolute atomic E-state index is 0.0141. The largest absolute Gasteiger partial charge is 0.461 e. The summed E-state index contributed by atoms with van der Waals surface area (Å²) in [6.07, 6.45) is 1.85. The second-order valence-electron chi connectivity index (χ2n) is 12.9. The SMILES string of the molecule is CC(=O)OC1[C@H]2[C@@H](OC(=O)Cc3ccccc3)[C@@H](C)C[C@]2(OC(C)=O)C(=O)/C(C)=C/[C@@H]2[C@H](CC[C@]13CO3)C2(C)C. The van der Waals surface area contributed by atoms with Crippen LogP contribution in [0.15, 0.2) is 42.0 Å². The fourth-order valence-electron chi connectivity index (χ4n) is 7.55. The Morgan fingerprint density at radius 2 is 1.73 bits per heavy atom. The molecule has 40 heavy (non-hydrogen) atoms. The molecule has 1 unspecified atom stereocenters. The van der Waals surface area contributed by atoms with Crippen LogP contribution in [0.5, 0.6) is 0 Å². The van der Waals surface area contributed by atoms with Gasteiger partial charge in [-0.05, 0) is 54.1 Å². The molecule has 0 bridgehead atoms. The molecule has 0 amide bonds. The smallest absolute Gasteiger partial charge is 0.310 e. The lowest BCUT2D eigenvalue weighted by Crippen LogP contribution is -2.58. The lowest BCUT2D eigenvalue weighted by atomic mass is 9.74. The maximum atomic E-state index is 14.5. The summed E-state index contributed by atoms with van der Waals surface area (Å²) in [7, 11) is 0. The second kappa shape index (κ2) is 10.1. The highest BCUT2D eigenvalue weighted by molar-refractivity contribution is 6.03. The molecule has 1 aliphatic heterocycles. The summed E-state index contributed by atoms with van der Waals surface area (Å²) in [6.45, 7) is 11.0. The number of carbonyl (C=O) groups is 4. The van der Waals surface area contributed by atoms with E-state index in [1.165, 1.54) is 13.8 Å². The Labute approximate surface area is 235 Å². The predicted octanol–water partition coefficient (Wildman–Crippen LogP) is 4.38. The monoisotopic (exact) mass is 552 g/mol. The number of esters is 3. The van der Waals surface area contributed by atoms with Gasteiger partial charge in [0.2, 0.25) is 5.78 Å². The molecular weight excluding hydrogens is 512 g/mol. The molecule has 0 N–H and O–H groups in total. The molecule has 8 atom stereocenters. The molecule has 1 aromatic carbocycles. The van der Waals surface area contributed by atoms with Crippen molar-refractivity contribution in [2.45, 2.75) is 90.6 Å². The number of allylic oxidation sites excluding steroid dienone is 1. The van der Waals surface area contributed by atoms with Crippen molar-refractivity contribution in [2.24, 2.45) is 29.1 Å². The molecule has 0 radical (unpaired) electrons. The first-order chi connectivity index (χ1) is 18.8. The Hall–Kier alpha value is -3.00. The van der Waals surface area contributed by atoms with Crippen molar-refractivity contribution in [1.82, 2.24) is 0 Å². The van der Waals surface area contributed by atoms with Gasteiger partial charge in [-0.2, -0.15) is 0 Å².